The van der Waals surface area contributed by atoms with Crippen LogP contribution in [-0.2, 0) is 16.4 Å². The van der Waals surface area contributed by atoms with Gasteiger partial charge in [-0.05, 0) is 17.1 Å². The largest absolute Gasteiger partial charge is 0.481 e. The van der Waals surface area contributed by atoms with Crippen LogP contribution in [0.15, 0.2) is 23.2 Å². The van der Waals surface area contributed by atoms with Crippen molar-refractivity contribution in [3.8, 4) is 5.88 Å². The molecule has 0 saturated carbocycles. The van der Waals surface area contributed by atoms with Gasteiger partial charge in [0.05, 0.1) is 12.9 Å². The molecule has 0 fully saturated rings. The van der Waals surface area contributed by atoms with Crippen molar-refractivity contribution in [3.05, 3.63) is 23.9 Å². The molecule has 0 spiro atoms. The standard InChI is InChI=1S/C12H16N4O3S2/c1-3-21(17,18)10-11(13)16-20-12(10)15-7-8-4-5-9(19-2)14-6-8/h4-6,15H,3,7H2,1-2H3,(H2,13,16). The predicted octanol–water partition coefficient (Wildman–Crippen LogP) is 1.53. The first-order valence-corrected chi connectivity index (χ1v) is 8.61. The summed E-state index contributed by atoms with van der Waals surface area (Å²) >= 11 is 1.03. The predicted molar refractivity (Wildman–Crippen MR) is 82.4 cm³/mol. The Hall–Kier alpha value is -1.87. The zero-order valence-corrected chi connectivity index (χ0v) is 13.3. The zero-order chi connectivity index (χ0) is 15.5. The zero-order valence-electron chi connectivity index (χ0n) is 11.7. The van der Waals surface area contributed by atoms with E-state index in [0.29, 0.717) is 17.4 Å². The SMILES string of the molecule is CCS(=O)(=O)c1c(N)nsc1NCc1ccc(OC)nc1. The van der Waals surface area contributed by atoms with Crippen LogP contribution in [0.5, 0.6) is 5.88 Å². The fourth-order valence-corrected chi connectivity index (χ4v) is 3.83. The van der Waals surface area contributed by atoms with Crippen LogP contribution in [0.4, 0.5) is 10.8 Å². The van der Waals surface area contributed by atoms with Gasteiger partial charge in [0.1, 0.15) is 9.90 Å². The number of nitrogens with zero attached hydrogens (tertiary/aromatic N) is 2. The van der Waals surface area contributed by atoms with E-state index in [4.69, 9.17) is 10.5 Å². The van der Waals surface area contributed by atoms with Gasteiger partial charge in [0.15, 0.2) is 15.7 Å². The van der Waals surface area contributed by atoms with Crippen LogP contribution >= 0.6 is 11.5 Å². The molecule has 0 radical (unpaired) electrons. The molecule has 0 aromatic carbocycles. The van der Waals surface area contributed by atoms with Gasteiger partial charge in [-0.25, -0.2) is 13.4 Å². The molecule has 2 rings (SSSR count). The molecule has 0 atom stereocenters. The van der Waals surface area contributed by atoms with Crippen LogP contribution in [0.3, 0.4) is 0 Å². The van der Waals surface area contributed by atoms with Crippen LogP contribution in [0, 0.1) is 0 Å². The molecule has 0 saturated heterocycles. The van der Waals surface area contributed by atoms with Crippen molar-refractivity contribution in [2.45, 2.75) is 18.4 Å². The highest BCUT2D eigenvalue weighted by Gasteiger charge is 2.23. The minimum atomic E-state index is -3.41. The van der Waals surface area contributed by atoms with Gasteiger partial charge in [-0.3, -0.25) is 0 Å². The molecule has 114 valence electrons. The lowest BCUT2D eigenvalue weighted by atomic mass is 10.3. The second kappa shape index (κ2) is 6.27. The summed E-state index contributed by atoms with van der Waals surface area (Å²) in [5.74, 6) is 0.543. The summed E-state index contributed by atoms with van der Waals surface area (Å²) in [5, 5.41) is 3.49. The van der Waals surface area contributed by atoms with E-state index in [-0.39, 0.29) is 16.5 Å². The fraction of sp³-hybridized carbons (Fsp3) is 0.333. The smallest absolute Gasteiger partial charge is 0.212 e. The minimum absolute atomic E-state index is 0.0195. The molecule has 2 aromatic rings. The third kappa shape index (κ3) is 3.42. The van der Waals surface area contributed by atoms with E-state index in [0.717, 1.165) is 17.1 Å². The van der Waals surface area contributed by atoms with Gasteiger partial charge in [-0.15, -0.1) is 0 Å². The number of rotatable bonds is 6. The number of methoxy groups -OCH3 is 1. The van der Waals surface area contributed by atoms with Gasteiger partial charge in [0.25, 0.3) is 0 Å². The van der Waals surface area contributed by atoms with Gasteiger partial charge < -0.3 is 15.8 Å². The third-order valence-electron chi connectivity index (χ3n) is 2.82. The quantitative estimate of drug-likeness (QED) is 0.828. The van der Waals surface area contributed by atoms with Crippen molar-refractivity contribution in [3.63, 3.8) is 0 Å². The number of ether oxygens (including phenoxy) is 1. The monoisotopic (exact) mass is 328 g/mol. The van der Waals surface area contributed by atoms with Crippen molar-refractivity contribution in [1.82, 2.24) is 9.36 Å². The molecule has 2 aromatic heterocycles. The first-order chi connectivity index (χ1) is 9.97. The summed E-state index contributed by atoms with van der Waals surface area (Å²) in [5.41, 5.74) is 6.55. The van der Waals surface area contributed by atoms with E-state index in [1.807, 2.05) is 6.07 Å². The average Bonchev–Trinajstić information content (AvgIpc) is 2.87. The van der Waals surface area contributed by atoms with E-state index < -0.39 is 9.84 Å². The molecule has 0 aliphatic rings. The van der Waals surface area contributed by atoms with Crippen molar-refractivity contribution < 1.29 is 13.2 Å². The van der Waals surface area contributed by atoms with Crippen LogP contribution in [0.1, 0.15) is 12.5 Å². The molecule has 0 unspecified atom stereocenters. The van der Waals surface area contributed by atoms with Crippen molar-refractivity contribution in [2.75, 3.05) is 23.9 Å². The van der Waals surface area contributed by atoms with Crippen molar-refractivity contribution in [1.29, 1.82) is 0 Å². The number of sulfone groups is 1. The summed E-state index contributed by atoms with van der Waals surface area (Å²) < 4.78 is 32.9. The molecule has 9 heteroatoms. The van der Waals surface area contributed by atoms with E-state index in [2.05, 4.69) is 14.7 Å². The molecular formula is C12H16N4O3S2. The molecule has 2 heterocycles. The molecule has 21 heavy (non-hydrogen) atoms. The lowest BCUT2D eigenvalue weighted by molar-refractivity contribution is 0.397. The number of pyridine rings is 1. The number of nitrogens with one attached hydrogen (secondary N) is 1. The number of aromatic nitrogens is 2. The second-order valence-corrected chi connectivity index (χ2v) is 7.18. The second-order valence-electron chi connectivity index (χ2n) is 4.19. The maximum Gasteiger partial charge on any atom is 0.212 e. The Bertz CT molecular complexity index is 711. The number of nitrogens with two attached hydrogens (primary N) is 1. The van der Waals surface area contributed by atoms with Crippen molar-refractivity contribution in [2.24, 2.45) is 0 Å². The van der Waals surface area contributed by atoms with Gasteiger partial charge in [-0.2, -0.15) is 4.37 Å². The minimum Gasteiger partial charge on any atom is -0.481 e. The number of hydrogen-bond acceptors (Lipinski definition) is 8. The van der Waals surface area contributed by atoms with E-state index in [9.17, 15) is 8.42 Å². The highest BCUT2D eigenvalue weighted by Crippen LogP contribution is 2.32. The highest BCUT2D eigenvalue weighted by atomic mass is 32.2. The van der Waals surface area contributed by atoms with Crippen LogP contribution in [-0.4, -0.2) is 30.6 Å². The van der Waals surface area contributed by atoms with E-state index in [1.54, 1.807) is 26.3 Å². The Balaban J connectivity index is 2.17. The van der Waals surface area contributed by atoms with Crippen LogP contribution < -0.4 is 15.8 Å². The summed E-state index contributed by atoms with van der Waals surface area (Å²) in [6.45, 7) is 1.99. The summed E-state index contributed by atoms with van der Waals surface area (Å²) in [6.07, 6.45) is 1.66. The summed E-state index contributed by atoms with van der Waals surface area (Å²) in [4.78, 5) is 4.16. The Labute approximate surface area is 127 Å². The number of anilines is 2. The third-order valence-corrected chi connectivity index (χ3v) is 5.57. The molecular weight excluding hydrogens is 312 g/mol. The Morgan fingerprint density at radius 3 is 2.76 bits per heavy atom. The fourth-order valence-electron chi connectivity index (χ4n) is 1.67. The molecule has 0 aliphatic carbocycles. The summed E-state index contributed by atoms with van der Waals surface area (Å²) in [6, 6.07) is 3.58. The maximum atomic E-state index is 12.0. The van der Waals surface area contributed by atoms with E-state index in [1.165, 1.54) is 0 Å². The van der Waals surface area contributed by atoms with Gasteiger partial charge >= 0.3 is 0 Å². The van der Waals surface area contributed by atoms with E-state index >= 15 is 0 Å². The number of nitrogen functional groups attached to an aromatic ring is 1. The summed E-state index contributed by atoms with van der Waals surface area (Å²) in [7, 11) is -1.86. The average molecular weight is 328 g/mol. The highest BCUT2D eigenvalue weighted by molar-refractivity contribution is 7.91. The topological polar surface area (TPSA) is 107 Å². The molecule has 0 amide bonds. The number of hydrogen-bond donors (Lipinski definition) is 2. The van der Waals surface area contributed by atoms with Gasteiger partial charge in [0, 0.05) is 18.8 Å². The van der Waals surface area contributed by atoms with Crippen molar-refractivity contribution >= 4 is 32.2 Å². The van der Waals surface area contributed by atoms with Crippen LogP contribution in [0.2, 0.25) is 0 Å². The molecule has 0 aliphatic heterocycles. The van der Waals surface area contributed by atoms with Crippen LogP contribution in [0.25, 0.3) is 0 Å². The molecule has 3 N–H and O–H groups in total. The maximum absolute atomic E-state index is 12.0. The lowest BCUT2D eigenvalue weighted by Gasteiger charge is -2.07. The molecule has 0 bridgehead atoms. The lowest BCUT2D eigenvalue weighted by Crippen LogP contribution is -2.09. The van der Waals surface area contributed by atoms with Gasteiger partial charge in [0.2, 0.25) is 5.88 Å². The first-order valence-electron chi connectivity index (χ1n) is 6.18. The normalized spacial score (nSPS) is 11.3. The molecule has 7 nitrogen and oxygen atoms in total. The Kier molecular flexibility index (Phi) is 4.63. The Morgan fingerprint density at radius 2 is 2.19 bits per heavy atom. The Morgan fingerprint density at radius 1 is 1.43 bits per heavy atom. The first kappa shape index (κ1) is 15.5. The van der Waals surface area contributed by atoms with Gasteiger partial charge in [-0.1, -0.05) is 13.0 Å².